The fourth-order valence-corrected chi connectivity index (χ4v) is 4.29. The number of aliphatic hydroxyl groups excluding tert-OH is 2. The van der Waals surface area contributed by atoms with Crippen LogP contribution in [0.1, 0.15) is 44.6 Å². The summed E-state index contributed by atoms with van der Waals surface area (Å²) in [6.45, 7) is 5.33. The molecule has 8 heteroatoms. The summed E-state index contributed by atoms with van der Waals surface area (Å²) in [5.41, 5.74) is 1.13. The zero-order chi connectivity index (χ0) is 25.4. The maximum absolute atomic E-state index is 9.62. The van der Waals surface area contributed by atoms with Crippen molar-refractivity contribution in [3.8, 4) is 6.07 Å². The van der Waals surface area contributed by atoms with Gasteiger partial charge in [0.05, 0.1) is 24.7 Å². The number of nitriles is 1. The molecule has 1 saturated heterocycles. The molecule has 6 nitrogen and oxygen atoms in total. The Balaban J connectivity index is 0.000000300. The van der Waals surface area contributed by atoms with Crippen molar-refractivity contribution in [2.24, 2.45) is 5.92 Å². The van der Waals surface area contributed by atoms with Crippen LogP contribution in [-0.2, 0) is 4.79 Å². The molecular formula is C26H35Cl2N3O3. The number of hydrogen-bond donors (Lipinski definition) is 4. The predicted octanol–water partition coefficient (Wildman–Crippen LogP) is 4.54. The predicted molar refractivity (Wildman–Crippen MR) is 138 cm³/mol. The number of rotatable bonds is 8. The van der Waals surface area contributed by atoms with Crippen molar-refractivity contribution >= 4 is 29.6 Å². The molecule has 2 aromatic rings. The summed E-state index contributed by atoms with van der Waals surface area (Å²) in [6, 6.07) is 19.9. The molecule has 0 saturated carbocycles. The summed E-state index contributed by atoms with van der Waals surface area (Å²) in [4.78, 5) is 9.62. The third-order valence-electron chi connectivity index (χ3n) is 6.00. The molecule has 0 aliphatic carbocycles. The summed E-state index contributed by atoms with van der Waals surface area (Å²) in [7, 11) is 0. The van der Waals surface area contributed by atoms with Crippen molar-refractivity contribution in [1.82, 2.24) is 10.6 Å². The van der Waals surface area contributed by atoms with Crippen LogP contribution >= 0.6 is 23.2 Å². The Bertz CT molecular complexity index is 873. The molecule has 1 amide bonds. The van der Waals surface area contributed by atoms with Gasteiger partial charge >= 0.3 is 0 Å². The van der Waals surface area contributed by atoms with E-state index in [1.54, 1.807) is 0 Å². The van der Waals surface area contributed by atoms with E-state index in [4.69, 9.17) is 33.4 Å². The number of carbonyl (C=O) groups excluding carboxylic acids is 1. The van der Waals surface area contributed by atoms with Crippen molar-refractivity contribution in [3.63, 3.8) is 0 Å². The summed E-state index contributed by atoms with van der Waals surface area (Å²) in [5.74, 6) is 0.263. The van der Waals surface area contributed by atoms with Crippen LogP contribution < -0.4 is 10.6 Å². The van der Waals surface area contributed by atoms with Crippen LogP contribution in [0.5, 0.6) is 0 Å². The first-order valence-corrected chi connectivity index (χ1v) is 12.2. The zero-order valence-electron chi connectivity index (χ0n) is 19.8. The van der Waals surface area contributed by atoms with Gasteiger partial charge in [-0.25, -0.2) is 0 Å². The molecule has 0 bridgehead atoms. The molecule has 0 radical (unpaired) electrons. The normalized spacial score (nSPS) is 18.9. The minimum Gasteiger partial charge on any atom is -0.394 e. The average molecular weight is 508 g/mol. The van der Waals surface area contributed by atoms with Gasteiger partial charge in [-0.2, -0.15) is 5.26 Å². The van der Waals surface area contributed by atoms with E-state index < -0.39 is 6.10 Å². The molecule has 34 heavy (non-hydrogen) atoms. The second-order valence-corrected chi connectivity index (χ2v) is 8.88. The minimum atomic E-state index is -0.711. The maximum atomic E-state index is 9.62. The first-order valence-electron chi connectivity index (χ1n) is 11.4. The van der Waals surface area contributed by atoms with Gasteiger partial charge in [-0.1, -0.05) is 67.4 Å². The Labute approximate surface area is 212 Å². The number of nitrogens with one attached hydrogen (secondary N) is 2. The van der Waals surface area contributed by atoms with Gasteiger partial charge in [-0.3, -0.25) is 4.79 Å². The summed E-state index contributed by atoms with van der Waals surface area (Å²) in [6.07, 6.45) is 2.22. The third-order valence-corrected chi connectivity index (χ3v) is 6.49. The van der Waals surface area contributed by atoms with Crippen molar-refractivity contribution in [2.45, 2.75) is 50.7 Å². The molecule has 186 valence electrons. The zero-order valence-corrected chi connectivity index (χ0v) is 21.3. The quantitative estimate of drug-likeness (QED) is 0.310. The molecule has 1 heterocycles. The van der Waals surface area contributed by atoms with Crippen LogP contribution in [0.3, 0.4) is 0 Å². The highest BCUT2D eigenvalue weighted by Crippen LogP contribution is 2.41. The Kier molecular flexibility index (Phi) is 14.5. The highest BCUT2D eigenvalue weighted by molar-refractivity contribution is 6.30. The summed E-state index contributed by atoms with van der Waals surface area (Å²) >= 11 is 11.6. The van der Waals surface area contributed by atoms with Crippen molar-refractivity contribution in [1.29, 1.82) is 5.26 Å². The van der Waals surface area contributed by atoms with Crippen molar-refractivity contribution < 1.29 is 15.0 Å². The SMILES string of the molecule is CCC1(CC)NCC(c2cccc(Cl)c2)C1C#N.Clc1ccccc1.O=CNCCC(O)CO. The van der Waals surface area contributed by atoms with Gasteiger partial charge in [-0.05, 0) is 49.1 Å². The molecule has 3 atom stereocenters. The summed E-state index contributed by atoms with van der Waals surface area (Å²) in [5, 5.41) is 34.0. The lowest BCUT2D eigenvalue weighted by molar-refractivity contribution is -0.109. The first-order chi connectivity index (χ1) is 16.4. The molecule has 1 aliphatic heterocycles. The second-order valence-electron chi connectivity index (χ2n) is 8.01. The summed E-state index contributed by atoms with van der Waals surface area (Å²) < 4.78 is 0. The van der Waals surface area contributed by atoms with Crippen LogP contribution in [0, 0.1) is 17.2 Å². The molecule has 3 unspecified atom stereocenters. The Hall–Kier alpha value is -2.14. The number of amides is 1. The first kappa shape index (κ1) is 29.9. The monoisotopic (exact) mass is 507 g/mol. The van der Waals surface area contributed by atoms with E-state index in [1.165, 1.54) is 5.56 Å². The van der Waals surface area contributed by atoms with E-state index in [-0.39, 0.29) is 24.0 Å². The van der Waals surface area contributed by atoms with Crippen molar-refractivity contribution in [2.75, 3.05) is 19.7 Å². The van der Waals surface area contributed by atoms with E-state index >= 15 is 0 Å². The fraction of sp³-hybridized carbons (Fsp3) is 0.462. The smallest absolute Gasteiger partial charge is 0.207 e. The van der Waals surface area contributed by atoms with Crippen LogP contribution in [0.25, 0.3) is 0 Å². The Morgan fingerprint density at radius 3 is 2.29 bits per heavy atom. The number of carbonyl (C=O) groups is 1. The van der Waals surface area contributed by atoms with Crippen molar-refractivity contribution in [3.05, 3.63) is 70.2 Å². The highest BCUT2D eigenvalue weighted by atomic mass is 35.5. The van der Waals surface area contributed by atoms with Crippen LogP contribution in [0.4, 0.5) is 0 Å². The van der Waals surface area contributed by atoms with Gasteiger partial charge < -0.3 is 20.8 Å². The molecule has 1 fully saturated rings. The highest BCUT2D eigenvalue weighted by Gasteiger charge is 2.46. The standard InChI is InChI=1S/C15H19ClN2.C6H5Cl.C5H11NO3/c1-3-15(4-2)14(9-17)13(10-18-15)11-6-5-7-12(16)8-11;7-6-4-2-1-3-5-6;7-3-5(9)1-2-6-4-8/h5-8,13-14,18H,3-4,10H2,1-2H3;1-5H;4-5,7,9H,1-3H2,(H,6,8). The van der Waals surface area contributed by atoms with Gasteiger partial charge in [0.25, 0.3) is 0 Å². The van der Waals surface area contributed by atoms with Crippen LogP contribution in [0.2, 0.25) is 10.0 Å². The maximum Gasteiger partial charge on any atom is 0.207 e. The van der Waals surface area contributed by atoms with Gasteiger partial charge in [0.1, 0.15) is 0 Å². The molecule has 0 aromatic heterocycles. The van der Waals surface area contributed by atoms with E-state index in [0.717, 1.165) is 29.4 Å². The second kappa shape index (κ2) is 16.5. The van der Waals surface area contributed by atoms with E-state index in [9.17, 15) is 10.1 Å². The topological polar surface area (TPSA) is 105 Å². The van der Waals surface area contributed by atoms with Crippen LogP contribution in [0.15, 0.2) is 54.6 Å². The fourth-order valence-electron chi connectivity index (χ4n) is 3.94. The molecule has 2 aromatic carbocycles. The lowest BCUT2D eigenvalue weighted by Gasteiger charge is -2.31. The number of halogens is 2. The van der Waals surface area contributed by atoms with Gasteiger partial charge in [0.15, 0.2) is 0 Å². The minimum absolute atomic E-state index is 0.0194. The molecule has 0 spiro atoms. The lowest BCUT2D eigenvalue weighted by atomic mass is 9.75. The van der Waals surface area contributed by atoms with Gasteiger partial charge in [0, 0.05) is 34.6 Å². The molecule has 1 aliphatic rings. The molecular weight excluding hydrogens is 473 g/mol. The van der Waals surface area contributed by atoms with Crippen LogP contribution in [-0.4, -0.2) is 48.0 Å². The number of hydrogen-bond acceptors (Lipinski definition) is 5. The van der Waals surface area contributed by atoms with E-state index in [1.807, 2.05) is 48.5 Å². The molecule has 3 rings (SSSR count). The molecule has 4 N–H and O–H groups in total. The largest absolute Gasteiger partial charge is 0.394 e. The van der Waals surface area contributed by atoms with Gasteiger partial charge in [-0.15, -0.1) is 0 Å². The van der Waals surface area contributed by atoms with E-state index in [2.05, 4.69) is 36.6 Å². The number of nitrogens with zero attached hydrogens (tertiary/aromatic N) is 1. The number of benzene rings is 2. The lowest BCUT2D eigenvalue weighted by Crippen LogP contribution is -2.43. The number of aliphatic hydroxyl groups is 2. The average Bonchev–Trinajstić information content (AvgIpc) is 3.24. The Morgan fingerprint density at radius 1 is 1.18 bits per heavy atom. The third kappa shape index (κ3) is 9.61. The van der Waals surface area contributed by atoms with Gasteiger partial charge in [0.2, 0.25) is 6.41 Å². The Morgan fingerprint density at radius 2 is 1.82 bits per heavy atom. The van der Waals surface area contributed by atoms with E-state index in [0.29, 0.717) is 19.4 Å².